The molecule has 0 fully saturated rings. The van der Waals surface area contributed by atoms with Crippen LogP contribution >= 0.6 is 0 Å². The number of Topliss-reactive ketones (excluding diaryl/α,β-unsaturated/α-hetero) is 1. The maximum Gasteiger partial charge on any atom is 0.166 e. The van der Waals surface area contributed by atoms with Crippen molar-refractivity contribution in [2.75, 3.05) is 0 Å². The summed E-state index contributed by atoms with van der Waals surface area (Å²) in [7, 11) is 0. The van der Waals surface area contributed by atoms with Crippen LogP contribution < -0.4 is 0 Å². The molecule has 3 aromatic carbocycles. The molecule has 3 heteroatoms. The Morgan fingerprint density at radius 3 is 1.62 bits per heavy atom. The van der Waals surface area contributed by atoms with Crippen molar-refractivity contribution in [3.05, 3.63) is 125 Å². The first-order valence-electron chi connectivity index (χ1n) is 10.1. The van der Waals surface area contributed by atoms with Crippen LogP contribution in [0.1, 0.15) is 45.6 Å². The van der Waals surface area contributed by atoms with Crippen molar-refractivity contribution in [2.45, 2.75) is 24.8 Å². The Bertz CT molecular complexity index is 1030. The predicted molar refractivity (Wildman–Crippen MR) is 114 cm³/mol. The molecule has 1 heterocycles. The third kappa shape index (κ3) is 2.82. The minimum absolute atomic E-state index is 0.195. The van der Waals surface area contributed by atoms with Gasteiger partial charge in [-0.2, -0.15) is 5.10 Å². The SMILES string of the molecule is O=C1CCCc2nn(C(c3ccccc3)(c3ccccc3)c3ccccc3)cc21. The second-order valence-electron chi connectivity index (χ2n) is 7.52. The minimum atomic E-state index is -0.651. The molecule has 0 N–H and O–H groups in total. The third-order valence-corrected chi connectivity index (χ3v) is 5.83. The van der Waals surface area contributed by atoms with Crippen molar-refractivity contribution in [3.63, 3.8) is 0 Å². The monoisotopic (exact) mass is 378 g/mol. The number of hydrogen-bond donors (Lipinski definition) is 0. The number of aromatic nitrogens is 2. The van der Waals surface area contributed by atoms with Crippen molar-refractivity contribution in [3.8, 4) is 0 Å². The van der Waals surface area contributed by atoms with E-state index >= 15 is 0 Å². The molecule has 5 rings (SSSR count). The van der Waals surface area contributed by atoms with Crippen LogP contribution in [-0.4, -0.2) is 15.6 Å². The van der Waals surface area contributed by atoms with E-state index in [1.165, 1.54) is 0 Å². The molecule has 3 nitrogen and oxygen atoms in total. The van der Waals surface area contributed by atoms with E-state index < -0.39 is 5.54 Å². The fourth-order valence-corrected chi connectivity index (χ4v) is 4.48. The predicted octanol–water partition coefficient (Wildman–Crippen LogP) is 5.24. The molecule has 4 aromatic rings. The van der Waals surface area contributed by atoms with Crippen LogP contribution in [0.25, 0.3) is 0 Å². The Balaban J connectivity index is 1.88. The quantitative estimate of drug-likeness (QED) is 0.455. The summed E-state index contributed by atoms with van der Waals surface area (Å²) >= 11 is 0. The normalized spacial score (nSPS) is 13.9. The summed E-state index contributed by atoms with van der Waals surface area (Å²) in [6, 6.07) is 31.3. The molecule has 0 atom stereocenters. The lowest BCUT2D eigenvalue weighted by molar-refractivity contribution is 0.0972. The van der Waals surface area contributed by atoms with Gasteiger partial charge in [0.05, 0.1) is 11.3 Å². The maximum absolute atomic E-state index is 12.6. The van der Waals surface area contributed by atoms with Gasteiger partial charge in [-0.25, -0.2) is 0 Å². The van der Waals surface area contributed by atoms with Gasteiger partial charge in [-0.05, 0) is 29.5 Å². The largest absolute Gasteiger partial charge is 0.294 e. The van der Waals surface area contributed by atoms with Crippen LogP contribution in [0.4, 0.5) is 0 Å². The van der Waals surface area contributed by atoms with E-state index in [0.29, 0.717) is 6.42 Å². The number of nitrogens with zero attached hydrogens (tertiary/aromatic N) is 2. The van der Waals surface area contributed by atoms with Crippen LogP contribution in [0.2, 0.25) is 0 Å². The molecule has 1 aliphatic rings. The van der Waals surface area contributed by atoms with Gasteiger partial charge in [0, 0.05) is 12.6 Å². The van der Waals surface area contributed by atoms with E-state index in [0.717, 1.165) is 40.8 Å². The zero-order valence-corrected chi connectivity index (χ0v) is 16.2. The first-order chi connectivity index (χ1) is 14.3. The average molecular weight is 378 g/mol. The molecule has 1 aromatic heterocycles. The van der Waals surface area contributed by atoms with Crippen molar-refractivity contribution in [1.29, 1.82) is 0 Å². The van der Waals surface area contributed by atoms with Gasteiger partial charge in [0.15, 0.2) is 5.78 Å². The molecule has 0 unspecified atom stereocenters. The Kier molecular flexibility index (Phi) is 4.36. The molecular formula is C26H22N2O. The van der Waals surface area contributed by atoms with Gasteiger partial charge < -0.3 is 0 Å². The third-order valence-electron chi connectivity index (χ3n) is 5.83. The Hall–Kier alpha value is -3.46. The lowest BCUT2D eigenvalue weighted by atomic mass is 9.77. The number of carbonyl (C=O) groups is 1. The topological polar surface area (TPSA) is 34.9 Å². The molecule has 0 aliphatic heterocycles. The molecule has 0 radical (unpaired) electrons. The molecule has 0 saturated heterocycles. The molecule has 1 aliphatic carbocycles. The van der Waals surface area contributed by atoms with Crippen LogP contribution in [0.15, 0.2) is 97.2 Å². The highest BCUT2D eigenvalue weighted by atomic mass is 16.1. The fraction of sp³-hybridized carbons (Fsp3) is 0.154. The number of ketones is 1. The van der Waals surface area contributed by atoms with Gasteiger partial charge in [0.25, 0.3) is 0 Å². The van der Waals surface area contributed by atoms with E-state index in [-0.39, 0.29) is 5.78 Å². The number of carbonyl (C=O) groups excluding carboxylic acids is 1. The van der Waals surface area contributed by atoms with E-state index in [4.69, 9.17) is 5.10 Å². The summed E-state index contributed by atoms with van der Waals surface area (Å²) in [4.78, 5) is 12.6. The van der Waals surface area contributed by atoms with Gasteiger partial charge in [-0.1, -0.05) is 91.0 Å². The van der Waals surface area contributed by atoms with Gasteiger partial charge >= 0.3 is 0 Å². The van der Waals surface area contributed by atoms with Gasteiger partial charge in [-0.15, -0.1) is 0 Å². The highest BCUT2D eigenvalue weighted by Crippen LogP contribution is 2.41. The highest BCUT2D eigenvalue weighted by molar-refractivity contribution is 5.97. The van der Waals surface area contributed by atoms with E-state index in [1.54, 1.807) is 0 Å². The zero-order valence-electron chi connectivity index (χ0n) is 16.2. The summed E-state index contributed by atoms with van der Waals surface area (Å²) in [5.41, 5.74) is 4.37. The summed E-state index contributed by atoms with van der Waals surface area (Å²) in [6.07, 6.45) is 4.29. The fourth-order valence-electron chi connectivity index (χ4n) is 4.48. The summed E-state index contributed by atoms with van der Waals surface area (Å²) < 4.78 is 2.01. The van der Waals surface area contributed by atoms with Gasteiger partial charge in [-0.3, -0.25) is 9.48 Å². The molecule has 0 bridgehead atoms. The molecule has 29 heavy (non-hydrogen) atoms. The van der Waals surface area contributed by atoms with Crippen molar-refractivity contribution >= 4 is 5.78 Å². The standard InChI is InChI=1S/C26H22N2O/c29-25-18-10-17-24-23(25)19-28(27-24)26(20-11-4-1-5-12-20,21-13-6-2-7-14-21)22-15-8-3-9-16-22/h1-9,11-16,19H,10,17-18H2. The number of rotatable bonds is 4. The number of benzene rings is 3. The van der Waals surface area contributed by atoms with E-state index in [1.807, 2.05) is 29.1 Å². The molecular weight excluding hydrogens is 356 g/mol. The second kappa shape index (κ2) is 7.17. The van der Waals surface area contributed by atoms with Gasteiger partial charge in [0.2, 0.25) is 0 Å². The van der Waals surface area contributed by atoms with Crippen molar-refractivity contribution in [1.82, 2.24) is 9.78 Å². The minimum Gasteiger partial charge on any atom is -0.294 e. The smallest absolute Gasteiger partial charge is 0.166 e. The summed E-state index contributed by atoms with van der Waals surface area (Å²) in [6.45, 7) is 0. The molecule has 0 saturated carbocycles. The Morgan fingerprint density at radius 2 is 1.17 bits per heavy atom. The van der Waals surface area contributed by atoms with E-state index in [9.17, 15) is 4.79 Å². The Labute approximate surface area is 170 Å². The lowest BCUT2D eigenvalue weighted by Crippen LogP contribution is -2.38. The Morgan fingerprint density at radius 1 is 0.690 bits per heavy atom. The number of fused-ring (bicyclic) bond motifs is 1. The molecule has 0 amide bonds. The van der Waals surface area contributed by atoms with Crippen LogP contribution in [0.3, 0.4) is 0 Å². The van der Waals surface area contributed by atoms with Crippen LogP contribution in [0.5, 0.6) is 0 Å². The number of hydrogen-bond acceptors (Lipinski definition) is 2. The second-order valence-corrected chi connectivity index (χ2v) is 7.52. The van der Waals surface area contributed by atoms with Crippen molar-refractivity contribution < 1.29 is 4.79 Å². The van der Waals surface area contributed by atoms with Gasteiger partial charge in [0.1, 0.15) is 5.54 Å². The summed E-state index contributed by atoms with van der Waals surface area (Å²) in [5, 5.41) is 5.00. The summed E-state index contributed by atoms with van der Waals surface area (Å²) in [5.74, 6) is 0.195. The average Bonchev–Trinajstić information content (AvgIpc) is 3.23. The zero-order chi connectivity index (χ0) is 19.7. The lowest BCUT2D eigenvalue weighted by Gasteiger charge is -2.36. The van der Waals surface area contributed by atoms with Crippen molar-refractivity contribution in [2.24, 2.45) is 0 Å². The maximum atomic E-state index is 12.6. The number of aryl methyl sites for hydroxylation is 1. The van der Waals surface area contributed by atoms with Crippen LogP contribution in [0, 0.1) is 0 Å². The molecule has 0 spiro atoms. The van der Waals surface area contributed by atoms with E-state index in [2.05, 4.69) is 72.8 Å². The first-order valence-corrected chi connectivity index (χ1v) is 10.1. The molecule has 142 valence electrons. The first kappa shape index (κ1) is 17.6. The highest BCUT2D eigenvalue weighted by Gasteiger charge is 2.40. The van der Waals surface area contributed by atoms with Crippen LogP contribution in [-0.2, 0) is 12.0 Å².